The highest BCUT2D eigenvalue weighted by Gasteiger charge is 2.24. The van der Waals surface area contributed by atoms with Gasteiger partial charge in [-0.25, -0.2) is 0 Å². The molecule has 1 aliphatic carbocycles. The Morgan fingerprint density at radius 1 is 1.40 bits per heavy atom. The number of hydrogen-bond donors (Lipinski definition) is 1. The van der Waals surface area contributed by atoms with Crippen molar-refractivity contribution in [2.75, 3.05) is 11.9 Å². The van der Waals surface area contributed by atoms with Crippen LogP contribution in [0.3, 0.4) is 0 Å². The van der Waals surface area contributed by atoms with Gasteiger partial charge in [-0.15, -0.1) is 0 Å². The van der Waals surface area contributed by atoms with Gasteiger partial charge in [-0.3, -0.25) is 10.1 Å². The molecule has 106 valence electrons. The van der Waals surface area contributed by atoms with E-state index in [9.17, 15) is 15.4 Å². The standard InChI is InChI=1S/C14H18N4O2/c1-17(12-4-2-11(16)3-5-12)14-7-6-13(18(19)20)8-10(14)9-15/h6-8,11-12H,2-5,16H2,1H3. The Kier molecular flexibility index (Phi) is 4.20. The summed E-state index contributed by atoms with van der Waals surface area (Å²) < 4.78 is 0. The fourth-order valence-electron chi connectivity index (χ4n) is 2.72. The smallest absolute Gasteiger partial charge is 0.270 e. The predicted octanol–water partition coefficient (Wildman–Crippen LogP) is 2.17. The summed E-state index contributed by atoms with van der Waals surface area (Å²) in [4.78, 5) is 12.3. The maximum absolute atomic E-state index is 10.8. The second-order valence-corrected chi connectivity index (χ2v) is 5.25. The molecule has 0 spiro atoms. The molecule has 2 N–H and O–H groups in total. The first-order valence-corrected chi connectivity index (χ1v) is 6.70. The number of nitro benzene ring substituents is 1. The van der Waals surface area contributed by atoms with Crippen molar-refractivity contribution in [1.29, 1.82) is 5.26 Å². The van der Waals surface area contributed by atoms with E-state index in [4.69, 9.17) is 5.73 Å². The van der Waals surface area contributed by atoms with Crippen molar-refractivity contribution in [3.05, 3.63) is 33.9 Å². The molecule has 0 amide bonds. The van der Waals surface area contributed by atoms with Gasteiger partial charge in [-0.2, -0.15) is 5.26 Å². The summed E-state index contributed by atoms with van der Waals surface area (Å²) in [6, 6.07) is 7.09. The van der Waals surface area contributed by atoms with Crippen LogP contribution in [0, 0.1) is 21.4 Å². The zero-order chi connectivity index (χ0) is 14.7. The van der Waals surface area contributed by atoms with Gasteiger partial charge in [-0.1, -0.05) is 0 Å². The Morgan fingerprint density at radius 2 is 2.05 bits per heavy atom. The Hall–Kier alpha value is -2.13. The summed E-state index contributed by atoms with van der Waals surface area (Å²) in [7, 11) is 1.93. The topological polar surface area (TPSA) is 96.2 Å². The number of nitriles is 1. The third-order valence-electron chi connectivity index (χ3n) is 3.98. The number of non-ortho nitro benzene ring substituents is 1. The van der Waals surface area contributed by atoms with Gasteiger partial charge in [0.25, 0.3) is 5.69 Å². The minimum absolute atomic E-state index is 0.0515. The number of rotatable bonds is 3. The van der Waals surface area contributed by atoms with Crippen LogP contribution in [0.25, 0.3) is 0 Å². The molecular formula is C14H18N4O2. The average Bonchev–Trinajstić information content (AvgIpc) is 2.46. The molecule has 2 rings (SSSR count). The highest BCUT2D eigenvalue weighted by Crippen LogP contribution is 2.30. The van der Waals surface area contributed by atoms with E-state index in [1.54, 1.807) is 6.07 Å². The number of anilines is 1. The Morgan fingerprint density at radius 3 is 2.60 bits per heavy atom. The van der Waals surface area contributed by atoms with Crippen molar-refractivity contribution >= 4 is 11.4 Å². The summed E-state index contributed by atoms with van der Waals surface area (Å²) in [5.41, 5.74) is 6.94. The van der Waals surface area contributed by atoms with Crippen LogP contribution in [-0.2, 0) is 0 Å². The molecule has 0 aliphatic heterocycles. The minimum Gasteiger partial charge on any atom is -0.371 e. The van der Waals surface area contributed by atoms with E-state index in [1.165, 1.54) is 12.1 Å². The quantitative estimate of drug-likeness (QED) is 0.673. The third-order valence-corrected chi connectivity index (χ3v) is 3.98. The normalized spacial score (nSPS) is 22.1. The summed E-state index contributed by atoms with van der Waals surface area (Å²) in [5.74, 6) is 0. The minimum atomic E-state index is -0.482. The van der Waals surface area contributed by atoms with E-state index in [1.807, 2.05) is 18.0 Å². The Labute approximate surface area is 117 Å². The van der Waals surface area contributed by atoms with Gasteiger partial charge in [-0.05, 0) is 31.7 Å². The van der Waals surface area contributed by atoms with Gasteiger partial charge in [0.1, 0.15) is 6.07 Å². The molecule has 1 aromatic rings. The second kappa shape index (κ2) is 5.88. The molecule has 1 aliphatic rings. The third kappa shape index (κ3) is 2.89. The van der Waals surface area contributed by atoms with Gasteiger partial charge in [0, 0.05) is 31.3 Å². The molecule has 1 saturated carbocycles. The summed E-state index contributed by atoms with van der Waals surface area (Å²) in [5, 5.41) is 20.0. The van der Waals surface area contributed by atoms with Crippen molar-refractivity contribution in [1.82, 2.24) is 0 Å². The zero-order valence-electron chi connectivity index (χ0n) is 11.5. The molecule has 1 fully saturated rings. The second-order valence-electron chi connectivity index (χ2n) is 5.25. The first-order valence-electron chi connectivity index (χ1n) is 6.70. The maximum atomic E-state index is 10.8. The highest BCUT2D eigenvalue weighted by molar-refractivity contribution is 5.63. The molecule has 0 saturated heterocycles. The summed E-state index contributed by atoms with van der Waals surface area (Å²) in [6.07, 6.45) is 3.92. The number of nitrogens with zero attached hydrogens (tertiary/aromatic N) is 3. The average molecular weight is 274 g/mol. The number of nitro groups is 1. The fraction of sp³-hybridized carbons (Fsp3) is 0.500. The van der Waals surface area contributed by atoms with Gasteiger partial charge < -0.3 is 10.6 Å². The van der Waals surface area contributed by atoms with Crippen LogP contribution in [0.2, 0.25) is 0 Å². The molecular weight excluding hydrogens is 256 g/mol. The molecule has 6 nitrogen and oxygen atoms in total. The van der Waals surface area contributed by atoms with E-state index < -0.39 is 4.92 Å². The molecule has 0 unspecified atom stereocenters. The summed E-state index contributed by atoms with van der Waals surface area (Å²) in [6.45, 7) is 0. The van der Waals surface area contributed by atoms with Crippen molar-refractivity contribution < 1.29 is 4.92 Å². The van der Waals surface area contributed by atoms with Crippen LogP contribution in [0.1, 0.15) is 31.2 Å². The number of benzene rings is 1. The monoisotopic (exact) mass is 274 g/mol. The van der Waals surface area contributed by atoms with E-state index >= 15 is 0 Å². The van der Waals surface area contributed by atoms with E-state index in [2.05, 4.69) is 0 Å². The van der Waals surface area contributed by atoms with E-state index in [-0.39, 0.29) is 11.7 Å². The Bertz CT molecular complexity index is 545. The van der Waals surface area contributed by atoms with Crippen molar-refractivity contribution in [2.45, 2.75) is 37.8 Å². The first-order chi connectivity index (χ1) is 9.52. The van der Waals surface area contributed by atoms with Crippen molar-refractivity contribution in [3.63, 3.8) is 0 Å². The number of nitrogens with two attached hydrogens (primary N) is 1. The van der Waals surface area contributed by atoms with E-state index in [0.717, 1.165) is 31.4 Å². The largest absolute Gasteiger partial charge is 0.371 e. The molecule has 0 bridgehead atoms. The van der Waals surface area contributed by atoms with Crippen LogP contribution in [0.5, 0.6) is 0 Å². The lowest BCUT2D eigenvalue weighted by Crippen LogP contribution is -2.39. The number of hydrogen-bond acceptors (Lipinski definition) is 5. The molecule has 6 heteroatoms. The molecule has 0 aromatic heterocycles. The van der Waals surface area contributed by atoms with Gasteiger partial charge in [0.15, 0.2) is 0 Å². The van der Waals surface area contributed by atoms with Crippen LogP contribution >= 0.6 is 0 Å². The maximum Gasteiger partial charge on any atom is 0.270 e. The molecule has 0 heterocycles. The molecule has 1 aromatic carbocycles. The fourth-order valence-corrected chi connectivity index (χ4v) is 2.72. The van der Waals surface area contributed by atoms with Crippen molar-refractivity contribution in [3.8, 4) is 6.07 Å². The van der Waals surface area contributed by atoms with Crippen LogP contribution in [0.4, 0.5) is 11.4 Å². The van der Waals surface area contributed by atoms with Crippen LogP contribution in [-0.4, -0.2) is 24.1 Å². The van der Waals surface area contributed by atoms with Crippen LogP contribution in [0.15, 0.2) is 18.2 Å². The molecule has 0 atom stereocenters. The van der Waals surface area contributed by atoms with Gasteiger partial charge in [0.05, 0.1) is 16.2 Å². The van der Waals surface area contributed by atoms with Gasteiger partial charge >= 0.3 is 0 Å². The highest BCUT2D eigenvalue weighted by atomic mass is 16.6. The lowest BCUT2D eigenvalue weighted by atomic mass is 9.90. The first kappa shape index (κ1) is 14.3. The zero-order valence-corrected chi connectivity index (χ0v) is 11.5. The molecule has 20 heavy (non-hydrogen) atoms. The Balaban J connectivity index is 2.23. The molecule has 0 radical (unpaired) electrons. The summed E-state index contributed by atoms with van der Waals surface area (Å²) >= 11 is 0. The van der Waals surface area contributed by atoms with Crippen molar-refractivity contribution in [2.24, 2.45) is 5.73 Å². The lowest BCUT2D eigenvalue weighted by molar-refractivity contribution is -0.384. The SMILES string of the molecule is CN(c1ccc([N+](=O)[O-])cc1C#N)C1CCC(N)CC1. The lowest BCUT2D eigenvalue weighted by Gasteiger charge is -2.35. The predicted molar refractivity (Wildman–Crippen MR) is 76.4 cm³/mol. The van der Waals surface area contributed by atoms with Gasteiger partial charge in [0.2, 0.25) is 0 Å². The van der Waals surface area contributed by atoms with E-state index in [0.29, 0.717) is 11.6 Å². The van der Waals surface area contributed by atoms with Crippen LogP contribution < -0.4 is 10.6 Å².